The molecule has 0 unspecified atom stereocenters. The van der Waals surface area contributed by atoms with Crippen LogP contribution in [-0.4, -0.2) is 20.5 Å². The first-order valence-electron chi connectivity index (χ1n) is 5.86. The summed E-state index contributed by atoms with van der Waals surface area (Å²) in [6.07, 6.45) is 1.39. The minimum atomic E-state index is -3.74. The zero-order valence-electron chi connectivity index (χ0n) is 10.9. The number of pyridine rings is 1. The third-order valence-electron chi connectivity index (χ3n) is 2.66. The van der Waals surface area contributed by atoms with Gasteiger partial charge in [0.15, 0.2) is 5.03 Å². The fraction of sp³-hybridized carbons (Fsp3) is 0.154. The smallest absolute Gasteiger partial charge is 0.260 e. The lowest BCUT2D eigenvalue weighted by Gasteiger charge is -2.08. The predicted molar refractivity (Wildman–Crippen MR) is 75.7 cm³/mol. The summed E-state index contributed by atoms with van der Waals surface area (Å²) in [4.78, 5) is 3.80. The highest BCUT2D eigenvalue weighted by Crippen LogP contribution is 2.16. The Hall–Kier alpha value is -2.12. The molecule has 0 atom stereocenters. The largest absolute Gasteiger partial charge is 0.497 e. The van der Waals surface area contributed by atoms with Crippen LogP contribution in [0.4, 0.5) is 5.69 Å². The number of nitrogens with one attached hydrogen (secondary N) is 1. The average Bonchev–Trinajstić information content (AvgIpc) is 2.46. The Morgan fingerprint density at radius 2 is 2.10 bits per heavy atom. The van der Waals surface area contributed by atoms with Gasteiger partial charge in [0.05, 0.1) is 12.8 Å². The molecule has 1 heterocycles. The number of nitrogens with zero attached hydrogens (tertiary/aromatic N) is 1. The molecule has 0 saturated heterocycles. The number of rotatable bonds is 5. The molecule has 20 heavy (non-hydrogen) atoms. The zero-order valence-corrected chi connectivity index (χ0v) is 11.7. The lowest BCUT2D eigenvalue weighted by molar-refractivity contribution is 0.414. The highest BCUT2D eigenvalue weighted by Gasteiger charge is 2.18. The fourth-order valence-electron chi connectivity index (χ4n) is 1.66. The number of nitrogens with two attached hydrogens (primary N) is 1. The lowest BCUT2D eigenvalue weighted by Crippen LogP contribution is -2.25. The molecule has 2 aromatic rings. The summed E-state index contributed by atoms with van der Waals surface area (Å²) >= 11 is 0. The van der Waals surface area contributed by atoms with E-state index in [9.17, 15) is 8.42 Å². The minimum absolute atomic E-state index is 0.116. The van der Waals surface area contributed by atoms with E-state index in [2.05, 4.69) is 9.71 Å². The van der Waals surface area contributed by atoms with Gasteiger partial charge in [-0.15, -0.1) is 0 Å². The first-order chi connectivity index (χ1) is 9.53. The van der Waals surface area contributed by atoms with Gasteiger partial charge in [0.25, 0.3) is 10.0 Å². The van der Waals surface area contributed by atoms with Crippen LogP contribution in [0.1, 0.15) is 5.56 Å². The summed E-state index contributed by atoms with van der Waals surface area (Å²) in [5.41, 5.74) is 6.52. The van der Waals surface area contributed by atoms with E-state index in [1.807, 2.05) is 0 Å². The van der Waals surface area contributed by atoms with Gasteiger partial charge < -0.3 is 10.5 Å². The summed E-state index contributed by atoms with van der Waals surface area (Å²) in [6, 6.07) is 10.2. The van der Waals surface area contributed by atoms with Crippen molar-refractivity contribution < 1.29 is 13.2 Å². The van der Waals surface area contributed by atoms with E-state index in [-0.39, 0.29) is 17.3 Å². The topological polar surface area (TPSA) is 94.3 Å². The Balaban J connectivity index is 2.15. The van der Waals surface area contributed by atoms with Gasteiger partial charge in [-0.25, -0.2) is 18.1 Å². The molecule has 2 rings (SSSR count). The third kappa shape index (κ3) is 3.25. The summed E-state index contributed by atoms with van der Waals surface area (Å²) < 4.78 is 31.7. The highest BCUT2D eigenvalue weighted by atomic mass is 32.2. The second kappa shape index (κ2) is 5.89. The minimum Gasteiger partial charge on any atom is -0.497 e. The van der Waals surface area contributed by atoms with Crippen LogP contribution in [0.2, 0.25) is 0 Å². The van der Waals surface area contributed by atoms with E-state index in [4.69, 9.17) is 10.5 Å². The van der Waals surface area contributed by atoms with Crippen molar-refractivity contribution >= 4 is 15.7 Å². The monoisotopic (exact) mass is 293 g/mol. The fourth-order valence-corrected chi connectivity index (χ4v) is 2.73. The maximum absolute atomic E-state index is 12.1. The molecule has 0 saturated carbocycles. The summed E-state index contributed by atoms with van der Waals surface area (Å²) in [5.74, 6) is 0.666. The molecule has 3 N–H and O–H groups in total. The molecule has 1 aromatic heterocycles. The van der Waals surface area contributed by atoms with Crippen LogP contribution in [0, 0.1) is 0 Å². The van der Waals surface area contributed by atoms with Crippen molar-refractivity contribution in [3.63, 3.8) is 0 Å². The SMILES string of the molecule is COc1cccc(CNS(=O)(=O)c2ncccc2N)c1. The number of hydrogen-bond donors (Lipinski definition) is 2. The molecular formula is C13H15N3O3S. The molecule has 6 nitrogen and oxygen atoms in total. The van der Waals surface area contributed by atoms with E-state index in [0.29, 0.717) is 5.75 Å². The van der Waals surface area contributed by atoms with E-state index in [1.54, 1.807) is 37.4 Å². The van der Waals surface area contributed by atoms with Gasteiger partial charge in [-0.2, -0.15) is 0 Å². The Kier molecular flexibility index (Phi) is 4.21. The molecule has 0 spiro atoms. The van der Waals surface area contributed by atoms with Gasteiger partial charge in [0.1, 0.15) is 5.75 Å². The molecule has 0 fully saturated rings. The zero-order chi connectivity index (χ0) is 14.6. The number of hydrogen-bond acceptors (Lipinski definition) is 5. The van der Waals surface area contributed by atoms with Gasteiger partial charge in [-0.05, 0) is 29.8 Å². The standard InChI is InChI=1S/C13H15N3O3S/c1-19-11-5-2-4-10(8-11)9-16-20(17,18)13-12(14)6-3-7-15-13/h2-8,16H,9,14H2,1H3. The number of aromatic nitrogens is 1. The van der Waals surface area contributed by atoms with Crippen molar-refractivity contribution in [2.24, 2.45) is 0 Å². The van der Waals surface area contributed by atoms with Gasteiger partial charge in [-0.1, -0.05) is 12.1 Å². The van der Waals surface area contributed by atoms with Gasteiger partial charge in [0, 0.05) is 12.7 Å². The van der Waals surface area contributed by atoms with Crippen molar-refractivity contribution in [3.05, 3.63) is 48.2 Å². The lowest BCUT2D eigenvalue weighted by atomic mass is 10.2. The number of ether oxygens (including phenoxy) is 1. The van der Waals surface area contributed by atoms with Crippen LogP contribution in [0.25, 0.3) is 0 Å². The number of methoxy groups -OCH3 is 1. The van der Waals surface area contributed by atoms with Crippen LogP contribution in [0.15, 0.2) is 47.6 Å². The van der Waals surface area contributed by atoms with Crippen LogP contribution in [0.5, 0.6) is 5.75 Å². The van der Waals surface area contributed by atoms with Crippen LogP contribution >= 0.6 is 0 Å². The molecule has 0 amide bonds. The molecule has 0 aliphatic heterocycles. The van der Waals surface area contributed by atoms with Crippen LogP contribution in [0.3, 0.4) is 0 Å². The van der Waals surface area contributed by atoms with Crippen molar-refractivity contribution in [1.29, 1.82) is 0 Å². The number of benzene rings is 1. The second-order valence-corrected chi connectivity index (χ2v) is 5.76. The Bertz CT molecular complexity index is 702. The molecule has 1 aromatic carbocycles. The Morgan fingerprint density at radius 3 is 2.80 bits per heavy atom. The Morgan fingerprint density at radius 1 is 1.30 bits per heavy atom. The van der Waals surface area contributed by atoms with Crippen LogP contribution in [-0.2, 0) is 16.6 Å². The number of nitrogen functional groups attached to an aromatic ring is 1. The van der Waals surface area contributed by atoms with Crippen molar-refractivity contribution in [1.82, 2.24) is 9.71 Å². The van der Waals surface area contributed by atoms with Crippen molar-refractivity contribution in [2.75, 3.05) is 12.8 Å². The van der Waals surface area contributed by atoms with E-state index >= 15 is 0 Å². The molecule has 0 bridgehead atoms. The van der Waals surface area contributed by atoms with E-state index < -0.39 is 10.0 Å². The van der Waals surface area contributed by atoms with Gasteiger partial charge >= 0.3 is 0 Å². The van der Waals surface area contributed by atoms with E-state index in [1.165, 1.54) is 12.3 Å². The number of anilines is 1. The molecular weight excluding hydrogens is 278 g/mol. The second-order valence-electron chi connectivity index (χ2n) is 4.07. The normalized spacial score (nSPS) is 11.2. The molecule has 0 aliphatic rings. The summed E-state index contributed by atoms with van der Waals surface area (Å²) in [7, 11) is -2.18. The molecule has 0 aliphatic carbocycles. The molecule has 7 heteroatoms. The van der Waals surface area contributed by atoms with E-state index in [0.717, 1.165) is 5.56 Å². The first kappa shape index (κ1) is 14.3. The van der Waals surface area contributed by atoms with Gasteiger partial charge in [0.2, 0.25) is 0 Å². The molecule has 106 valence electrons. The maximum Gasteiger partial charge on any atom is 0.260 e. The van der Waals surface area contributed by atoms with Crippen LogP contribution < -0.4 is 15.2 Å². The first-order valence-corrected chi connectivity index (χ1v) is 7.34. The van der Waals surface area contributed by atoms with Crippen molar-refractivity contribution in [2.45, 2.75) is 11.6 Å². The highest BCUT2D eigenvalue weighted by molar-refractivity contribution is 7.89. The van der Waals surface area contributed by atoms with Gasteiger partial charge in [-0.3, -0.25) is 0 Å². The average molecular weight is 293 g/mol. The Labute approximate surface area is 117 Å². The molecule has 0 radical (unpaired) electrons. The number of sulfonamides is 1. The summed E-state index contributed by atoms with van der Waals surface area (Å²) in [5, 5.41) is -0.164. The predicted octanol–water partition coefficient (Wildman–Crippen LogP) is 1.15. The summed E-state index contributed by atoms with van der Waals surface area (Å²) in [6.45, 7) is 0.134. The van der Waals surface area contributed by atoms with Crippen molar-refractivity contribution in [3.8, 4) is 5.75 Å². The third-order valence-corrected chi connectivity index (χ3v) is 4.03. The quantitative estimate of drug-likeness (QED) is 0.862. The maximum atomic E-state index is 12.1.